The van der Waals surface area contributed by atoms with Crippen molar-refractivity contribution in [3.8, 4) is 0 Å². The molecule has 0 aromatic heterocycles. The molecular formula is C15H21Cl2N3O3. The average Bonchev–Trinajstić information content (AvgIpc) is 2.40. The molecule has 1 rings (SSSR count). The van der Waals surface area contributed by atoms with Crippen LogP contribution in [-0.2, 0) is 9.59 Å². The Hall–Kier alpha value is -1.34. The Morgan fingerprint density at radius 2 is 1.83 bits per heavy atom. The fraction of sp³-hybridized carbons (Fsp3) is 0.467. The molecule has 8 heteroatoms. The average molecular weight is 362 g/mol. The van der Waals surface area contributed by atoms with E-state index in [1.807, 2.05) is 19.0 Å². The summed E-state index contributed by atoms with van der Waals surface area (Å²) in [5, 5.41) is 15.4. The molecule has 23 heavy (non-hydrogen) atoms. The highest BCUT2D eigenvalue weighted by molar-refractivity contribution is 6.35. The minimum Gasteiger partial charge on any atom is -0.480 e. The number of anilines is 1. The Labute approximate surface area is 145 Å². The number of nitrogens with one attached hydrogen (secondary N) is 2. The summed E-state index contributed by atoms with van der Waals surface area (Å²) in [7, 11) is 3.89. The number of carboxylic acid groups (broad SMARTS) is 1. The predicted octanol–water partition coefficient (Wildman–Crippen LogP) is 2.32. The van der Waals surface area contributed by atoms with Gasteiger partial charge in [0, 0.05) is 15.7 Å². The summed E-state index contributed by atoms with van der Waals surface area (Å²) in [5.41, 5.74) is 0.434. The van der Waals surface area contributed by atoms with Crippen LogP contribution in [0, 0.1) is 0 Å². The maximum absolute atomic E-state index is 12.0. The van der Waals surface area contributed by atoms with Gasteiger partial charge in [0.05, 0.1) is 6.42 Å². The van der Waals surface area contributed by atoms with E-state index in [0.717, 1.165) is 13.0 Å². The first-order valence-electron chi connectivity index (χ1n) is 7.15. The second kappa shape index (κ2) is 9.72. The van der Waals surface area contributed by atoms with Gasteiger partial charge >= 0.3 is 5.97 Å². The molecule has 3 N–H and O–H groups in total. The number of rotatable bonds is 9. The minimum atomic E-state index is -1.06. The van der Waals surface area contributed by atoms with Gasteiger partial charge in [-0.3, -0.25) is 9.59 Å². The molecule has 0 radical (unpaired) electrons. The number of aliphatic carboxylic acids is 1. The highest BCUT2D eigenvalue weighted by atomic mass is 35.5. The summed E-state index contributed by atoms with van der Waals surface area (Å²) in [4.78, 5) is 25.2. The molecule has 6 nitrogen and oxygen atoms in total. The Bertz CT molecular complexity index is 533. The van der Waals surface area contributed by atoms with Gasteiger partial charge < -0.3 is 20.6 Å². The first kappa shape index (κ1) is 19.7. The lowest BCUT2D eigenvalue weighted by atomic mass is 10.2. The van der Waals surface area contributed by atoms with Crippen LogP contribution in [0.15, 0.2) is 18.2 Å². The van der Waals surface area contributed by atoms with Crippen molar-refractivity contribution in [3.63, 3.8) is 0 Å². The van der Waals surface area contributed by atoms with Gasteiger partial charge in [0.2, 0.25) is 5.91 Å². The van der Waals surface area contributed by atoms with Crippen molar-refractivity contribution in [1.29, 1.82) is 0 Å². The zero-order valence-corrected chi connectivity index (χ0v) is 14.6. The highest BCUT2D eigenvalue weighted by Crippen LogP contribution is 2.22. The molecule has 128 valence electrons. The molecule has 0 heterocycles. The number of benzene rings is 1. The number of hydrogen-bond donors (Lipinski definition) is 3. The predicted molar refractivity (Wildman–Crippen MR) is 92.3 cm³/mol. The third-order valence-corrected chi connectivity index (χ3v) is 3.44. The fourth-order valence-corrected chi connectivity index (χ4v) is 2.47. The molecule has 1 aromatic rings. The Morgan fingerprint density at radius 1 is 1.22 bits per heavy atom. The molecule has 0 saturated carbocycles. The van der Waals surface area contributed by atoms with Gasteiger partial charge in [-0.15, -0.1) is 0 Å². The van der Waals surface area contributed by atoms with Gasteiger partial charge in [-0.2, -0.15) is 0 Å². The van der Waals surface area contributed by atoms with E-state index in [0.29, 0.717) is 22.3 Å². The molecule has 0 bridgehead atoms. The van der Waals surface area contributed by atoms with Crippen molar-refractivity contribution in [3.05, 3.63) is 28.2 Å². The van der Waals surface area contributed by atoms with E-state index >= 15 is 0 Å². The molecule has 0 aliphatic carbocycles. The van der Waals surface area contributed by atoms with Crippen LogP contribution in [0.4, 0.5) is 5.69 Å². The van der Waals surface area contributed by atoms with Gasteiger partial charge in [-0.25, -0.2) is 0 Å². The number of carboxylic acids is 1. The van der Waals surface area contributed by atoms with E-state index in [4.69, 9.17) is 23.2 Å². The molecular weight excluding hydrogens is 341 g/mol. The van der Waals surface area contributed by atoms with Crippen LogP contribution < -0.4 is 10.6 Å². The second-order valence-electron chi connectivity index (χ2n) is 5.41. The topological polar surface area (TPSA) is 81.7 Å². The lowest BCUT2D eigenvalue weighted by Crippen LogP contribution is -2.40. The van der Waals surface area contributed by atoms with Gasteiger partial charge in [0.1, 0.15) is 6.04 Å². The highest BCUT2D eigenvalue weighted by Gasteiger charge is 2.20. The van der Waals surface area contributed by atoms with E-state index < -0.39 is 17.9 Å². The number of halogens is 2. The number of carbonyl (C=O) groups is 2. The van der Waals surface area contributed by atoms with Gasteiger partial charge in [0.25, 0.3) is 0 Å². The van der Waals surface area contributed by atoms with Crippen LogP contribution in [0.5, 0.6) is 0 Å². The monoisotopic (exact) mass is 361 g/mol. The van der Waals surface area contributed by atoms with E-state index in [2.05, 4.69) is 10.6 Å². The van der Waals surface area contributed by atoms with E-state index in [-0.39, 0.29) is 6.42 Å². The molecule has 1 aromatic carbocycles. The van der Waals surface area contributed by atoms with Gasteiger partial charge in [-0.1, -0.05) is 23.2 Å². The van der Waals surface area contributed by atoms with Gasteiger partial charge in [0.15, 0.2) is 0 Å². The molecule has 0 unspecified atom stereocenters. The number of nitrogens with zero attached hydrogens (tertiary/aromatic N) is 1. The summed E-state index contributed by atoms with van der Waals surface area (Å²) < 4.78 is 0. The third-order valence-electron chi connectivity index (χ3n) is 3.01. The maximum atomic E-state index is 12.0. The van der Waals surface area contributed by atoms with Crippen molar-refractivity contribution in [1.82, 2.24) is 10.2 Å². The molecule has 0 spiro atoms. The van der Waals surface area contributed by atoms with Gasteiger partial charge in [-0.05, 0) is 51.8 Å². The zero-order valence-electron chi connectivity index (χ0n) is 13.1. The lowest BCUT2D eigenvalue weighted by Gasteiger charge is -2.15. The lowest BCUT2D eigenvalue weighted by molar-refractivity contribution is -0.141. The number of amides is 1. The molecule has 0 aliphatic heterocycles. The van der Waals surface area contributed by atoms with Crippen LogP contribution in [0.25, 0.3) is 0 Å². The number of carbonyl (C=O) groups excluding carboxylic acids is 1. The van der Waals surface area contributed by atoms with Crippen molar-refractivity contribution < 1.29 is 14.7 Å². The first-order valence-corrected chi connectivity index (χ1v) is 7.90. The Balaban J connectivity index is 2.52. The van der Waals surface area contributed by atoms with Crippen LogP contribution in [0.1, 0.15) is 12.8 Å². The van der Waals surface area contributed by atoms with Crippen LogP contribution in [0.2, 0.25) is 10.0 Å². The summed E-state index contributed by atoms with van der Waals surface area (Å²) in [6.45, 7) is 1.36. The van der Waals surface area contributed by atoms with E-state index in [1.54, 1.807) is 18.2 Å². The van der Waals surface area contributed by atoms with Crippen LogP contribution >= 0.6 is 23.2 Å². The van der Waals surface area contributed by atoms with Crippen molar-refractivity contribution in [2.75, 3.05) is 32.5 Å². The SMILES string of the molecule is CN(C)CCCN[C@H](CC(=O)Nc1cc(Cl)cc(Cl)c1)C(=O)O. The maximum Gasteiger partial charge on any atom is 0.321 e. The van der Waals surface area contributed by atoms with Crippen molar-refractivity contribution in [2.45, 2.75) is 18.9 Å². The van der Waals surface area contributed by atoms with E-state index in [1.165, 1.54) is 0 Å². The van der Waals surface area contributed by atoms with Crippen LogP contribution in [0.3, 0.4) is 0 Å². The molecule has 0 saturated heterocycles. The minimum absolute atomic E-state index is 0.179. The van der Waals surface area contributed by atoms with Crippen molar-refractivity contribution in [2.24, 2.45) is 0 Å². The van der Waals surface area contributed by atoms with Crippen molar-refractivity contribution >= 4 is 40.8 Å². The summed E-state index contributed by atoms with van der Waals surface area (Å²) in [6, 6.07) is 3.70. The van der Waals surface area contributed by atoms with Crippen LogP contribution in [-0.4, -0.2) is 55.1 Å². The summed E-state index contributed by atoms with van der Waals surface area (Å²) in [6.07, 6.45) is 0.615. The zero-order chi connectivity index (χ0) is 17.4. The molecule has 1 amide bonds. The first-order chi connectivity index (χ1) is 10.8. The fourth-order valence-electron chi connectivity index (χ4n) is 1.94. The molecule has 1 atom stereocenters. The quantitative estimate of drug-likeness (QED) is 0.588. The van der Waals surface area contributed by atoms with E-state index in [9.17, 15) is 14.7 Å². The second-order valence-corrected chi connectivity index (χ2v) is 6.29. The summed E-state index contributed by atoms with van der Waals surface area (Å²) in [5.74, 6) is -1.48. The third kappa shape index (κ3) is 8.18. The Morgan fingerprint density at radius 3 is 2.35 bits per heavy atom. The molecule has 0 aliphatic rings. The molecule has 0 fully saturated rings. The number of hydrogen-bond acceptors (Lipinski definition) is 4. The standard InChI is InChI=1S/C15H21Cl2N3O3/c1-20(2)5-3-4-18-13(15(22)23)9-14(21)19-12-7-10(16)6-11(17)8-12/h6-8,13,18H,3-5,9H2,1-2H3,(H,19,21)(H,22,23)/t13-/m1/s1. The largest absolute Gasteiger partial charge is 0.480 e. The smallest absolute Gasteiger partial charge is 0.321 e. The Kier molecular flexibility index (Phi) is 8.33. The normalized spacial score (nSPS) is 12.2. The summed E-state index contributed by atoms with van der Waals surface area (Å²) >= 11 is 11.7.